The van der Waals surface area contributed by atoms with Crippen molar-refractivity contribution in [3.05, 3.63) is 65.9 Å². The van der Waals surface area contributed by atoms with Crippen LogP contribution in [0.15, 0.2) is 54.6 Å². The first-order valence-corrected chi connectivity index (χ1v) is 12.3. The van der Waals surface area contributed by atoms with Gasteiger partial charge in [-0.3, -0.25) is 4.90 Å². The van der Waals surface area contributed by atoms with E-state index in [0.29, 0.717) is 31.3 Å². The number of aliphatic hydroxyl groups excluding tert-OH is 1. The van der Waals surface area contributed by atoms with Crippen LogP contribution in [-0.2, 0) is 11.3 Å². The molecule has 0 radical (unpaired) electrons. The van der Waals surface area contributed by atoms with Crippen LogP contribution in [0.4, 0.5) is 0 Å². The number of rotatable bonds is 13. The van der Waals surface area contributed by atoms with E-state index in [1.165, 1.54) is 0 Å². The summed E-state index contributed by atoms with van der Waals surface area (Å²) < 4.78 is 19.2. The Morgan fingerprint density at radius 2 is 1.66 bits per heavy atom. The largest absolute Gasteiger partial charge is 0.497 e. The fraction of sp³-hybridized carbons (Fsp3) is 0.464. The van der Waals surface area contributed by atoms with Gasteiger partial charge in [0, 0.05) is 19.1 Å². The minimum absolute atomic E-state index is 0.0811. The number of aryl methyl sites for hydroxylation is 1. The zero-order chi connectivity index (χ0) is 25.4. The van der Waals surface area contributed by atoms with Gasteiger partial charge in [-0.15, -0.1) is 0 Å². The zero-order valence-corrected chi connectivity index (χ0v) is 21.8. The number of nitrogens with zero attached hydrogens (tertiary/aromatic N) is 3. The Hall–Kier alpha value is -2.87. The fourth-order valence-corrected chi connectivity index (χ4v) is 3.81. The van der Waals surface area contributed by atoms with Crippen molar-refractivity contribution in [2.75, 3.05) is 20.3 Å². The van der Waals surface area contributed by atoms with E-state index in [-0.39, 0.29) is 12.1 Å². The monoisotopic (exact) mass is 481 g/mol. The third kappa shape index (κ3) is 7.31. The molecule has 2 unspecified atom stereocenters. The van der Waals surface area contributed by atoms with E-state index in [1.54, 1.807) is 7.11 Å². The standard InChI is InChI=1S/C28H39N3O4/c1-7-21(4)30(17-24(32)19-34-20(2)3)18-27-22(5)29-31(23-11-9-8-10-12-23)28(27)35-26-15-13-25(33-6)14-16-26/h8-16,20-21,24,32H,7,17-19H2,1-6H3. The lowest BCUT2D eigenvalue weighted by molar-refractivity contribution is -0.0150. The molecule has 0 aliphatic heterocycles. The summed E-state index contributed by atoms with van der Waals surface area (Å²) in [4.78, 5) is 2.27. The van der Waals surface area contributed by atoms with E-state index < -0.39 is 6.10 Å². The molecule has 190 valence electrons. The van der Waals surface area contributed by atoms with Gasteiger partial charge in [-0.2, -0.15) is 5.10 Å². The maximum atomic E-state index is 10.7. The van der Waals surface area contributed by atoms with E-state index in [2.05, 4.69) is 18.7 Å². The smallest absolute Gasteiger partial charge is 0.227 e. The molecule has 0 spiro atoms. The number of methoxy groups -OCH3 is 1. The second-order valence-corrected chi connectivity index (χ2v) is 9.12. The second kappa shape index (κ2) is 12.7. The molecule has 2 aromatic carbocycles. The van der Waals surface area contributed by atoms with Crippen molar-refractivity contribution >= 4 is 0 Å². The Balaban J connectivity index is 1.95. The van der Waals surface area contributed by atoms with Crippen molar-refractivity contribution in [1.29, 1.82) is 0 Å². The molecule has 7 nitrogen and oxygen atoms in total. The van der Waals surface area contributed by atoms with E-state index in [1.807, 2.05) is 80.1 Å². The molecule has 0 fully saturated rings. The molecule has 0 saturated carbocycles. The second-order valence-electron chi connectivity index (χ2n) is 9.12. The summed E-state index contributed by atoms with van der Waals surface area (Å²) in [7, 11) is 1.64. The Labute approximate surface area is 209 Å². The van der Waals surface area contributed by atoms with Gasteiger partial charge in [-0.05, 0) is 70.5 Å². The molecular weight excluding hydrogens is 442 g/mol. The lowest BCUT2D eigenvalue weighted by atomic mass is 10.1. The molecule has 2 atom stereocenters. The van der Waals surface area contributed by atoms with Crippen LogP contribution in [-0.4, -0.2) is 58.3 Å². The molecule has 0 saturated heterocycles. The van der Waals surface area contributed by atoms with Crippen molar-refractivity contribution in [3.63, 3.8) is 0 Å². The number of hydrogen-bond acceptors (Lipinski definition) is 6. The van der Waals surface area contributed by atoms with Gasteiger partial charge < -0.3 is 19.3 Å². The number of aliphatic hydroxyl groups is 1. The quantitative estimate of drug-likeness (QED) is 0.354. The lowest BCUT2D eigenvalue weighted by Gasteiger charge is -2.30. The number of hydrogen-bond donors (Lipinski definition) is 1. The molecule has 1 aromatic heterocycles. The summed E-state index contributed by atoms with van der Waals surface area (Å²) in [6.07, 6.45) is 0.456. The van der Waals surface area contributed by atoms with Crippen molar-refractivity contribution in [1.82, 2.24) is 14.7 Å². The Kier molecular flexibility index (Phi) is 9.72. The average Bonchev–Trinajstić information content (AvgIpc) is 3.17. The maximum absolute atomic E-state index is 10.7. The molecule has 3 rings (SSSR count). The predicted molar refractivity (Wildman–Crippen MR) is 139 cm³/mol. The molecule has 0 amide bonds. The molecular formula is C28H39N3O4. The highest BCUT2D eigenvalue weighted by Crippen LogP contribution is 2.33. The van der Waals surface area contributed by atoms with Gasteiger partial charge in [0.15, 0.2) is 0 Å². The van der Waals surface area contributed by atoms with Crippen LogP contribution in [0.2, 0.25) is 0 Å². The van der Waals surface area contributed by atoms with E-state index in [4.69, 9.17) is 19.3 Å². The number of benzene rings is 2. The van der Waals surface area contributed by atoms with Gasteiger partial charge in [-0.25, -0.2) is 4.68 Å². The summed E-state index contributed by atoms with van der Waals surface area (Å²) in [6, 6.07) is 17.8. The number of ether oxygens (including phenoxy) is 3. The van der Waals surface area contributed by atoms with Gasteiger partial charge in [0.05, 0.1) is 42.9 Å². The van der Waals surface area contributed by atoms with Gasteiger partial charge in [0.1, 0.15) is 11.5 Å². The van der Waals surface area contributed by atoms with Crippen molar-refractivity contribution in [2.45, 2.75) is 65.8 Å². The van der Waals surface area contributed by atoms with E-state index >= 15 is 0 Å². The maximum Gasteiger partial charge on any atom is 0.227 e. The van der Waals surface area contributed by atoms with Gasteiger partial charge >= 0.3 is 0 Å². The number of para-hydroxylation sites is 1. The van der Waals surface area contributed by atoms with E-state index in [9.17, 15) is 5.11 Å². The molecule has 3 aromatic rings. The molecule has 1 heterocycles. The van der Waals surface area contributed by atoms with Crippen molar-refractivity contribution in [2.24, 2.45) is 0 Å². The van der Waals surface area contributed by atoms with E-state index in [0.717, 1.165) is 29.1 Å². The van der Waals surface area contributed by atoms with Crippen molar-refractivity contribution in [3.8, 4) is 23.1 Å². The molecule has 0 bridgehead atoms. The van der Waals surface area contributed by atoms with Gasteiger partial charge in [0.2, 0.25) is 5.88 Å². The van der Waals surface area contributed by atoms with Gasteiger partial charge in [-0.1, -0.05) is 25.1 Å². The normalized spacial score (nSPS) is 13.3. The Morgan fingerprint density at radius 3 is 2.26 bits per heavy atom. The molecule has 35 heavy (non-hydrogen) atoms. The summed E-state index contributed by atoms with van der Waals surface area (Å²) in [5.41, 5.74) is 2.80. The first-order valence-electron chi connectivity index (χ1n) is 12.3. The number of aromatic nitrogens is 2. The molecule has 0 aliphatic rings. The minimum atomic E-state index is -0.582. The Morgan fingerprint density at radius 1 is 1.00 bits per heavy atom. The fourth-order valence-electron chi connectivity index (χ4n) is 3.81. The average molecular weight is 482 g/mol. The van der Waals surface area contributed by atoms with Crippen LogP contribution in [0.3, 0.4) is 0 Å². The minimum Gasteiger partial charge on any atom is -0.497 e. The van der Waals surface area contributed by atoms with Crippen LogP contribution in [0, 0.1) is 6.92 Å². The first kappa shape index (κ1) is 26.7. The Bertz CT molecular complexity index is 1030. The SMILES string of the molecule is CCC(C)N(Cc1c(C)nn(-c2ccccc2)c1Oc1ccc(OC)cc1)CC(O)COC(C)C. The topological polar surface area (TPSA) is 69.0 Å². The summed E-state index contributed by atoms with van der Waals surface area (Å²) in [5.74, 6) is 2.13. The van der Waals surface area contributed by atoms with Crippen LogP contribution in [0.25, 0.3) is 5.69 Å². The summed E-state index contributed by atoms with van der Waals surface area (Å²) in [6.45, 7) is 11.7. The van der Waals surface area contributed by atoms with Crippen LogP contribution < -0.4 is 9.47 Å². The molecule has 0 aliphatic carbocycles. The van der Waals surface area contributed by atoms with Crippen LogP contribution in [0.1, 0.15) is 45.4 Å². The first-order chi connectivity index (χ1) is 16.8. The predicted octanol–water partition coefficient (Wildman–Crippen LogP) is 5.37. The molecule has 7 heteroatoms. The zero-order valence-electron chi connectivity index (χ0n) is 21.8. The summed E-state index contributed by atoms with van der Waals surface area (Å²) in [5, 5.41) is 15.5. The van der Waals surface area contributed by atoms with Crippen LogP contribution in [0.5, 0.6) is 17.4 Å². The highest BCUT2D eigenvalue weighted by atomic mass is 16.5. The highest BCUT2D eigenvalue weighted by Gasteiger charge is 2.25. The van der Waals surface area contributed by atoms with Gasteiger partial charge in [0.25, 0.3) is 0 Å². The third-order valence-corrected chi connectivity index (χ3v) is 6.05. The highest BCUT2D eigenvalue weighted by molar-refractivity contribution is 5.44. The summed E-state index contributed by atoms with van der Waals surface area (Å²) >= 11 is 0. The third-order valence-electron chi connectivity index (χ3n) is 6.05. The van der Waals surface area contributed by atoms with Crippen LogP contribution >= 0.6 is 0 Å². The molecule has 1 N–H and O–H groups in total. The lowest BCUT2D eigenvalue weighted by Crippen LogP contribution is -2.40. The van der Waals surface area contributed by atoms with Crippen molar-refractivity contribution < 1.29 is 19.3 Å².